The quantitative estimate of drug-likeness (QED) is 0.314. The van der Waals surface area contributed by atoms with Gasteiger partial charge in [-0.25, -0.2) is 0 Å². The van der Waals surface area contributed by atoms with Crippen molar-refractivity contribution < 1.29 is 9.47 Å². The lowest BCUT2D eigenvalue weighted by molar-refractivity contribution is 0.245. The van der Waals surface area contributed by atoms with Crippen LogP contribution in [-0.2, 0) is 13.1 Å². The molecular formula is C23H33IN4O2. The zero-order valence-corrected chi connectivity index (χ0v) is 20.4. The molecule has 0 saturated carbocycles. The normalized spacial score (nSPS) is 16.6. The van der Waals surface area contributed by atoms with Gasteiger partial charge in [-0.2, -0.15) is 0 Å². The lowest BCUT2D eigenvalue weighted by Crippen LogP contribution is -2.44. The molecule has 2 N–H and O–H groups in total. The van der Waals surface area contributed by atoms with Gasteiger partial charge in [0, 0.05) is 38.3 Å². The summed E-state index contributed by atoms with van der Waals surface area (Å²) in [5, 5.41) is 6.87. The molecule has 0 amide bonds. The van der Waals surface area contributed by atoms with Gasteiger partial charge in [0.25, 0.3) is 0 Å². The summed E-state index contributed by atoms with van der Waals surface area (Å²) >= 11 is 0. The third-order valence-electron chi connectivity index (χ3n) is 5.39. The Labute approximate surface area is 197 Å². The number of benzene rings is 2. The highest BCUT2D eigenvalue weighted by Gasteiger charge is 2.24. The molecule has 1 atom stereocenters. The number of hydrogen-bond donors (Lipinski definition) is 2. The molecular weight excluding hydrogens is 491 g/mol. The van der Waals surface area contributed by atoms with Gasteiger partial charge in [-0.05, 0) is 31.0 Å². The lowest BCUT2D eigenvalue weighted by atomic mass is 10.2. The Morgan fingerprint density at radius 2 is 1.87 bits per heavy atom. The van der Waals surface area contributed by atoms with Crippen LogP contribution in [0.3, 0.4) is 0 Å². The zero-order chi connectivity index (χ0) is 20.5. The van der Waals surface area contributed by atoms with Gasteiger partial charge in [0.2, 0.25) is 0 Å². The number of nitrogens with one attached hydrogen (secondary N) is 2. The van der Waals surface area contributed by atoms with Crippen molar-refractivity contribution >= 4 is 29.9 Å². The molecule has 1 unspecified atom stereocenters. The van der Waals surface area contributed by atoms with Crippen molar-refractivity contribution in [2.75, 3.05) is 34.4 Å². The number of aliphatic imine (C=N–C) groups is 1. The molecule has 164 valence electrons. The van der Waals surface area contributed by atoms with Crippen molar-refractivity contribution in [3.8, 4) is 11.5 Å². The number of rotatable bonds is 8. The topological polar surface area (TPSA) is 58.1 Å². The molecule has 1 aliphatic heterocycles. The van der Waals surface area contributed by atoms with Crippen LogP contribution in [0.25, 0.3) is 0 Å². The van der Waals surface area contributed by atoms with E-state index in [0.29, 0.717) is 12.6 Å². The number of guanidine groups is 1. The average Bonchev–Trinajstić information content (AvgIpc) is 3.21. The summed E-state index contributed by atoms with van der Waals surface area (Å²) in [6, 6.07) is 17.1. The fraction of sp³-hybridized carbons (Fsp3) is 0.435. The molecule has 6 nitrogen and oxygen atoms in total. The summed E-state index contributed by atoms with van der Waals surface area (Å²) in [6.45, 7) is 3.63. The highest BCUT2D eigenvalue weighted by atomic mass is 127. The van der Waals surface area contributed by atoms with Crippen LogP contribution < -0.4 is 20.1 Å². The van der Waals surface area contributed by atoms with Crippen LogP contribution in [0.2, 0.25) is 0 Å². The Balaban J connectivity index is 0.00000320. The maximum absolute atomic E-state index is 5.51. The van der Waals surface area contributed by atoms with E-state index in [-0.39, 0.29) is 24.0 Å². The van der Waals surface area contributed by atoms with Gasteiger partial charge in [0.15, 0.2) is 17.5 Å². The first-order valence-electron chi connectivity index (χ1n) is 10.2. The molecule has 1 aliphatic rings. The molecule has 0 aromatic heterocycles. The maximum Gasteiger partial charge on any atom is 0.191 e. The highest BCUT2D eigenvalue weighted by Crippen LogP contribution is 2.30. The third kappa shape index (κ3) is 6.50. The van der Waals surface area contributed by atoms with Crippen molar-refractivity contribution in [3.05, 3.63) is 59.7 Å². The molecule has 0 bridgehead atoms. The fourth-order valence-corrected chi connectivity index (χ4v) is 3.86. The summed E-state index contributed by atoms with van der Waals surface area (Å²) in [5.74, 6) is 2.28. The van der Waals surface area contributed by atoms with E-state index < -0.39 is 0 Å². The van der Waals surface area contributed by atoms with Crippen molar-refractivity contribution in [2.24, 2.45) is 4.99 Å². The molecule has 0 spiro atoms. The Morgan fingerprint density at radius 3 is 2.57 bits per heavy atom. The van der Waals surface area contributed by atoms with E-state index in [1.165, 1.54) is 18.4 Å². The van der Waals surface area contributed by atoms with Gasteiger partial charge in [-0.3, -0.25) is 9.89 Å². The minimum atomic E-state index is 0. The number of para-hydroxylation sites is 1. The minimum absolute atomic E-state index is 0. The molecule has 1 saturated heterocycles. The largest absolute Gasteiger partial charge is 0.493 e. The molecule has 2 aromatic carbocycles. The first-order chi connectivity index (χ1) is 14.2. The van der Waals surface area contributed by atoms with Crippen molar-refractivity contribution in [1.29, 1.82) is 0 Å². The second kappa shape index (κ2) is 12.6. The van der Waals surface area contributed by atoms with E-state index >= 15 is 0 Å². The second-order valence-corrected chi connectivity index (χ2v) is 7.21. The first kappa shape index (κ1) is 24.3. The number of likely N-dealkylation sites (tertiary alicyclic amines) is 1. The van der Waals surface area contributed by atoms with Crippen molar-refractivity contribution in [1.82, 2.24) is 15.5 Å². The predicted molar refractivity (Wildman–Crippen MR) is 133 cm³/mol. The van der Waals surface area contributed by atoms with E-state index in [9.17, 15) is 0 Å². The predicted octanol–water partition coefficient (Wildman–Crippen LogP) is 3.65. The van der Waals surface area contributed by atoms with Gasteiger partial charge in [-0.15, -0.1) is 24.0 Å². The lowest BCUT2D eigenvalue weighted by Gasteiger charge is -2.25. The second-order valence-electron chi connectivity index (χ2n) is 7.21. The standard InChI is InChI=1S/C23H32N4O2.HI/c1-24-23(25-15-19-11-7-13-21(28-2)22(19)29-3)26-16-20-12-8-14-27(20)17-18-9-5-4-6-10-18;/h4-7,9-11,13,20H,8,12,14-17H2,1-3H3,(H2,24,25,26);1H. The molecule has 3 rings (SSSR count). The Morgan fingerprint density at radius 1 is 1.07 bits per heavy atom. The van der Waals surface area contributed by atoms with Crippen LogP contribution in [-0.4, -0.2) is 51.3 Å². The number of hydrogen-bond acceptors (Lipinski definition) is 4. The molecule has 1 heterocycles. The van der Waals surface area contributed by atoms with Crippen molar-refractivity contribution in [3.63, 3.8) is 0 Å². The maximum atomic E-state index is 5.51. The number of nitrogens with zero attached hydrogens (tertiary/aromatic N) is 2. The molecule has 7 heteroatoms. The Bertz CT molecular complexity index is 801. The van der Waals surface area contributed by atoms with E-state index in [1.807, 2.05) is 18.2 Å². The summed E-state index contributed by atoms with van der Waals surface area (Å²) in [6.07, 6.45) is 2.45. The summed E-state index contributed by atoms with van der Waals surface area (Å²) < 4.78 is 10.9. The average molecular weight is 524 g/mol. The van der Waals surface area contributed by atoms with E-state index in [2.05, 4.69) is 50.9 Å². The molecule has 0 radical (unpaired) electrons. The molecule has 30 heavy (non-hydrogen) atoms. The summed E-state index contributed by atoms with van der Waals surface area (Å²) in [7, 11) is 5.11. The van der Waals surface area contributed by atoms with Crippen molar-refractivity contribution in [2.45, 2.75) is 32.0 Å². The number of halogens is 1. The molecule has 1 fully saturated rings. The Hall–Kier alpha value is -2.00. The number of methoxy groups -OCH3 is 2. The summed E-state index contributed by atoms with van der Waals surface area (Å²) in [5.41, 5.74) is 2.40. The molecule has 0 aliphatic carbocycles. The van der Waals surface area contributed by atoms with E-state index in [4.69, 9.17) is 9.47 Å². The van der Waals surface area contributed by atoms with Gasteiger partial charge in [-0.1, -0.05) is 42.5 Å². The van der Waals surface area contributed by atoms with Gasteiger partial charge < -0.3 is 20.1 Å². The van der Waals surface area contributed by atoms with Crippen LogP contribution in [0.4, 0.5) is 0 Å². The zero-order valence-electron chi connectivity index (χ0n) is 18.1. The van der Waals surface area contributed by atoms with Crippen LogP contribution in [0, 0.1) is 0 Å². The minimum Gasteiger partial charge on any atom is -0.493 e. The SMILES string of the molecule is CN=C(NCc1cccc(OC)c1OC)NCC1CCCN1Cc1ccccc1.I. The Kier molecular flexibility index (Phi) is 10.2. The van der Waals surface area contributed by atoms with Gasteiger partial charge >= 0.3 is 0 Å². The van der Waals surface area contributed by atoms with E-state index in [1.54, 1.807) is 21.3 Å². The van der Waals surface area contributed by atoms with Crippen LogP contribution in [0.5, 0.6) is 11.5 Å². The molecule has 2 aromatic rings. The summed E-state index contributed by atoms with van der Waals surface area (Å²) in [4.78, 5) is 6.93. The van der Waals surface area contributed by atoms with Crippen LogP contribution >= 0.6 is 24.0 Å². The number of ether oxygens (including phenoxy) is 2. The third-order valence-corrected chi connectivity index (χ3v) is 5.39. The monoisotopic (exact) mass is 524 g/mol. The van der Waals surface area contributed by atoms with Gasteiger partial charge in [0.1, 0.15) is 0 Å². The van der Waals surface area contributed by atoms with Crippen LogP contribution in [0.15, 0.2) is 53.5 Å². The first-order valence-corrected chi connectivity index (χ1v) is 10.2. The fourth-order valence-electron chi connectivity index (χ4n) is 3.86. The van der Waals surface area contributed by atoms with Crippen LogP contribution in [0.1, 0.15) is 24.0 Å². The van der Waals surface area contributed by atoms with E-state index in [0.717, 1.165) is 42.7 Å². The smallest absolute Gasteiger partial charge is 0.191 e. The highest BCUT2D eigenvalue weighted by molar-refractivity contribution is 14.0. The van der Waals surface area contributed by atoms with Gasteiger partial charge in [0.05, 0.1) is 14.2 Å².